The molecule has 2 aromatic carbocycles. The monoisotopic (exact) mass is 417 g/mol. The maximum absolute atomic E-state index is 11.6. The second-order valence-electron chi connectivity index (χ2n) is 6.85. The van der Waals surface area contributed by atoms with Crippen LogP contribution in [-0.2, 0) is 9.47 Å². The van der Waals surface area contributed by atoms with Crippen molar-refractivity contribution in [3.8, 4) is 11.8 Å². The predicted octanol–water partition coefficient (Wildman–Crippen LogP) is 5.05. The number of nitriles is 1. The van der Waals surface area contributed by atoms with Crippen LogP contribution in [0.15, 0.2) is 72.9 Å². The Hall–Kier alpha value is -4.05. The normalized spacial score (nSPS) is 11.3. The topological polar surface area (TPSA) is 93.5 Å². The first-order valence-corrected chi connectivity index (χ1v) is 9.80. The summed E-state index contributed by atoms with van der Waals surface area (Å²) >= 11 is 0. The Bertz CT molecular complexity index is 1050. The van der Waals surface area contributed by atoms with Crippen LogP contribution in [0.5, 0.6) is 5.75 Å². The molecule has 1 N–H and O–H groups in total. The molecule has 0 bridgehead atoms. The van der Waals surface area contributed by atoms with Crippen LogP contribution in [0.4, 0.5) is 10.6 Å². The van der Waals surface area contributed by atoms with Crippen molar-refractivity contribution in [2.45, 2.75) is 26.0 Å². The number of carbonyl (C=O) groups excluding carboxylic acids is 1. The Labute approximate surface area is 181 Å². The van der Waals surface area contributed by atoms with Crippen LogP contribution in [0.3, 0.4) is 0 Å². The number of ether oxygens (including phenoxy) is 3. The van der Waals surface area contributed by atoms with E-state index < -0.39 is 12.2 Å². The van der Waals surface area contributed by atoms with Crippen molar-refractivity contribution in [3.63, 3.8) is 0 Å². The maximum atomic E-state index is 11.6. The van der Waals surface area contributed by atoms with Gasteiger partial charge >= 0.3 is 6.16 Å². The average molecular weight is 417 g/mol. The first-order valence-electron chi connectivity index (χ1n) is 9.80. The van der Waals surface area contributed by atoms with Crippen LogP contribution in [-0.4, -0.2) is 24.0 Å². The fourth-order valence-electron chi connectivity index (χ4n) is 2.99. The molecule has 1 atom stereocenters. The van der Waals surface area contributed by atoms with E-state index in [1.807, 2.05) is 54.6 Å². The summed E-state index contributed by atoms with van der Waals surface area (Å²) in [5.74, 6) is 1.15. The number of benzene rings is 2. The summed E-state index contributed by atoms with van der Waals surface area (Å²) in [5, 5.41) is 13.0. The first-order chi connectivity index (χ1) is 15.1. The van der Waals surface area contributed by atoms with Crippen LogP contribution < -0.4 is 10.1 Å². The van der Waals surface area contributed by atoms with Gasteiger partial charge in [-0.1, -0.05) is 42.5 Å². The van der Waals surface area contributed by atoms with Gasteiger partial charge in [0.15, 0.2) is 0 Å². The average Bonchev–Trinajstić information content (AvgIpc) is 2.78. The van der Waals surface area contributed by atoms with Gasteiger partial charge in [-0.15, -0.1) is 0 Å². The lowest BCUT2D eigenvalue weighted by Crippen LogP contribution is -2.18. The highest BCUT2D eigenvalue weighted by Crippen LogP contribution is 2.34. The van der Waals surface area contributed by atoms with E-state index in [0.29, 0.717) is 17.1 Å². The number of hydrogen-bond donors (Lipinski definition) is 1. The molecule has 0 spiro atoms. The number of anilines is 1. The Kier molecular flexibility index (Phi) is 7.44. The number of para-hydroxylation sites is 1. The zero-order valence-corrected chi connectivity index (χ0v) is 17.3. The van der Waals surface area contributed by atoms with Crippen LogP contribution in [0.1, 0.15) is 36.6 Å². The Morgan fingerprint density at radius 2 is 1.74 bits per heavy atom. The largest absolute Gasteiger partial charge is 0.511 e. The van der Waals surface area contributed by atoms with Crippen molar-refractivity contribution in [2.75, 3.05) is 12.1 Å². The molecule has 1 aromatic heterocycles. The van der Waals surface area contributed by atoms with Crippen molar-refractivity contribution in [3.05, 3.63) is 89.6 Å². The molecule has 0 saturated heterocycles. The number of nitrogens with one attached hydrogen (secondary N) is 1. The Morgan fingerprint density at radius 3 is 2.45 bits per heavy atom. The molecular formula is C24H23N3O4. The molecule has 31 heavy (non-hydrogen) atoms. The minimum atomic E-state index is -0.800. The second kappa shape index (κ2) is 10.6. The third-order valence-corrected chi connectivity index (χ3v) is 4.30. The highest BCUT2D eigenvalue weighted by Gasteiger charge is 2.22. The van der Waals surface area contributed by atoms with Gasteiger partial charge in [0.2, 0.25) is 6.79 Å². The Balaban J connectivity index is 1.91. The van der Waals surface area contributed by atoms with Crippen LogP contribution in [0.2, 0.25) is 0 Å². The molecule has 0 saturated carbocycles. The highest BCUT2D eigenvalue weighted by atomic mass is 16.8. The molecule has 3 aromatic rings. The molecule has 158 valence electrons. The molecule has 1 unspecified atom stereocenters. The van der Waals surface area contributed by atoms with Gasteiger partial charge in [0.25, 0.3) is 0 Å². The molecule has 0 aliphatic rings. The van der Waals surface area contributed by atoms with E-state index in [1.165, 1.54) is 0 Å². The first kappa shape index (κ1) is 21.7. The van der Waals surface area contributed by atoms with Gasteiger partial charge in [-0.05, 0) is 43.7 Å². The van der Waals surface area contributed by atoms with Crippen LogP contribution >= 0.6 is 0 Å². The van der Waals surface area contributed by atoms with Crippen LogP contribution in [0, 0.1) is 11.3 Å². The molecular weight excluding hydrogens is 394 g/mol. The fraction of sp³-hybridized carbons (Fsp3) is 0.208. The predicted molar refractivity (Wildman–Crippen MR) is 115 cm³/mol. The summed E-state index contributed by atoms with van der Waals surface area (Å²) in [6.45, 7) is 3.16. The molecule has 0 radical (unpaired) electrons. The lowest BCUT2D eigenvalue weighted by Gasteiger charge is -2.23. The summed E-state index contributed by atoms with van der Waals surface area (Å²) in [6, 6.07) is 22.0. The molecule has 0 aliphatic carbocycles. The second-order valence-corrected chi connectivity index (χ2v) is 6.85. The number of nitrogens with zero attached hydrogens (tertiary/aromatic N) is 2. The van der Waals surface area contributed by atoms with Gasteiger partial charge < -0.3 is 19.5 Å². The third-order valence-electron chi connectivity index (χ3n) is 4.30. The van der Waals surface area contributed by atoms with E-state index in [2.05, 4.69) is 16.4 Å². The lowest BCUT2D eigenvalue weighted by atomic mass is 9.94. The number of hydrogen-bond acceptors (Lipinski definition) is 7. The Morgan fingerprint density at radius 1 is 1.03 bits per heavy atom. The standard InChI is InChI=1S/C24H23N3O4/c1-17(2)31-24(28)30-16-29-21-12-6-5-11-20(21)23(27-22-13-7-8-14-26-22)19-10-4-3-9-18(19)15-25/h3-14,17,23H,16H2,1-2H3,(H,26,27). The van der Waals surface area contributed by atoms with Gasteiger partial charge in [-0.2, -0.15) is 5.26 Å². The van der Waals surface area contributed by atoms with E-state index in [-0.39, 0.29) is 12.9 Å². The number of pyridine rings is 1. The zero-order chi connectivity index (χ0) is 22.1. The minimum absolute atomic E-state index is 0.283. The van der Waals surface area contributed by atoms with Gasteiger partial charge in [-0.3, -0.25) is 0 Å². The van der Waals surface area contributed by atoms with Crippen molar-refractivity contribution in [1.82, 2.24) is 4.98 Å². The molecule has 0 aliphatic heterocycles. The number of rotatable bonds is 8. The van der Waals surface area contributed by atoms with Crippen molar-refractivity contribution < 1.29 is 19.0 Å². The number of aromatic nitrogens is 1. The van der Waals surface area contributed by atoms with E-state index in [4.69, 9.17) is 14.2 Å². The van der Waals surface area contributed by atoms with Crippen molar-refractivity contribution in [1.29, 1.82) is 5.26 Å². The van der Waals surface area contributed by atoms with Crippen LogP contribution in [0.25, 0.3) is 0 Å². The minimum Gasteiger partial charge on any atom is -0.457 e. The molecule has 3 rings (SSSR count). The van der Waals surface area contributed by atoms with E-state index >= 15 is 0 Å². The van der Waals surface area contributed by atoms with E-state index in [1.54, 1.807) is 32.2 Å². The lowest BCUT2D eigenvalue weighted by molar-refractivity contribution is -0.00845. The summed E-state index contributed by atoms with van der Waals surface area (Å²) in [7, 11) is 0. The molecule has 7 heteroatoms. The summed E-state index contributed by atoms with van der Waals surface area (Å²) in [6.07, 6.45) is 0.603. The summed E-state index contributed by atoms with van der Waals surface area (Å²) in [4.78, 5) is 16.0. The number of carbonyl (C=O) groups is 1. The summed E-state index contributed by atoms with van der Waals surface area (Å²) in [5.41, 5.74) is 2.06. The van der Waals surface area contributed by atoms with E-state index in [9.17, 15) is 10.1 Å². The van der Waals surface area contributed by atoms with Crippen molar-refractivity contribution >= 4 is 12.0 Å². The van der Waals surface area contributed by atoms with Gasteiger partial charge in [-0.25, -0.2) is 9.78 Å². The summed E-state index contributed by atoms with van der Waals surface area (Å²) < 4.78 is 15.7. The smallest absolute Gasteiger partial charge is 0.457 e. The molecule has 7 nitrogen and oxygen atoms in total. The van der Waals surface area contributed by atoms with Gasteiger partial charge in [0, 0.05) is 11.8 Å². The quantitative estimate of drug-likeness (QED) is 0.405. The maximum Gasteiger partial charge on any atom is 0.511 e. The molecule has 1 heterocycles. The molecule has 0 fully saturated rings. The third kappa shape index (κ3) is 5.97. The van der Waals surface area contributed by atoms with Gasteiger partial charge in [0.05, 0.1) is 23.8 Å². The molecule has 0 amide bonds. The zero-order valence-electron chi connectivity index (χ0n) is 17.3. The fourth-order valence-corrected chi connectivity index (χ4v) is 2.99. The SMILES string of the molecule is CC(C)OC(=O)OCOc1ccccc1C(Nc1ccccn1)c1ccccc1C#N. The van der Waals surface area contributed by atoms with Crippen molar-refractivity contribution in [2.24, 2.45) is 0 Å². The van der Waals surface area contributed by atoms with E-state index in [0.717, 1.165) is 11.1 Å². The highest BCUT2D eigenvalue weighted by molar-refractivity contribution is 5.60. The van der Waals surface area contributed by atoms with Gasteiger partial charge in [0.1, 0.15) is 11.6 Å².